The maximum atomic E-state index is 4.38. The van der Waals surface area contributed by atoms with Gasteiger partial charge in [0.15, 0.2) is 0 Å². The highest BCUT2D eigenvalue weighted by molar-refractivity contribution is 5.85. The van der Waals surface area contributed by atoms with E-state index in [1.807, 2.05) is 13.1 Å². The number of hydrogen-bond donors (Lipinski definition) is 1. The van der Waals surface area contributed by atoms with Crippen molar-refractivity contribution in [3.63, 3.8) is 0 Å². The van der Waals surface area contributed by atoms with Crippen LogP contribution in [0.15, 0.2) is 18.3 Å². The van der Waals surface area contributed by atoms with Gasteiger partial charge in [-0.1, -0.05) is 6.07 Å². The molecule has 0 aliphatic carbocycles. The van der Waals surface area contributed by atoms with Crippen LogP contribution in [0.3, 0.4) is 0 Å². The van der Waals surface area contributed by atoms with Gasteiger partial charge in [0.2, 0.25) is 0 Å². The van der Waals surface area contributed by atoms with Crippen molar-refractivity contribution in [3.8, 4) is 0 Å². The third-order valence-corrected chi connectivity index (χ3v) is 4.29. The first kappa shape index (κ1) is 15.7. The molecule has 2 aliphatic rings. The molecule has 3 heterocycles. The summed E-state index contributed by atoms with van der Waals surface area (Å²) in [4.78, 5) is 9.61. The van der Waals surface area contributed by atoms with Gasteiger partial charge in [-0.15, -0.1) is 12.4 Å². The van der Waals surface area contributed by atoms with E-state index in [4.69, 9.17) is 0 Å². The number of aryl methyl sites for hydroxylation is 1. The van der Waals surface area contributed by atoms with E-state index < -0.39 is 0 Å². The quantitative estimate of drug-likeness (QED) is 0.911. The first-order chi connectivity index (χ1) is 9.31. The van der Waals surface area contributed by atoms with E-state index in [1.165, 1.54) is 38.2 Å². The Balaban J connectivity index is 0.00000147. The molecule has 2 aliphatic heterocycles. The molecule has 2 saturated heterocycles. The average Bonchev–Trinajstić information content (AvgIpc) is 2.91. The van der Waals surface area contributed by atoms with Gasteiger partial charge in [0, 0.05) is 63.7 Å². The zero-order chi connectivity index (χ0) is 13.1. The topological polar surface area (TPSA) is 31.4 Å². The second-order valence-electron chi connectivity index (χ2n) is 5.77. The lowest BCUT2D eigenvalue weighted by Crippen LogP contribution is -2.49. The summed E-state index contributed by atoms with van der Waals surface area (Å²) in [6, 6.07) is 5.08. The van der Waals surface area contributed by atoms with Gasteiger partial charge in [-0.25, -0.2) is 0 Å². The van der Waals surface area contributed by atoms with Crippen molar-refractivity contribution in [1.82, 2.24) is 20.1 Å². The van der Waals surface area contributed by atoms with Crippen molar-refractivity contribution in [2.45, 2.75) is 25.9 Å². The highest BCUT2D eigenvalue weighted by Crippen LogP contribution is 2.18. The SMILES string of the molecule is Cc1ccc(CN2CCC(N3CCNCC3)C2)cn1.Cl. The highest BCUT2D eigenvalue weighted by Gasteiger charge is 2.28. The Labute approximate surface area is 128 Å². The molecule has 20 heavy (non-hydrogen) atoms. The van der Waals surface area contributed by atoms with Crippen LogP contribution in [0.2, 0.25) is 0 Å². The number of likely N-dealkylation sites (tertiary alicyclic amines) is 1. The van der Waals surface area contributed by atoms with Crippen LogP contribution < -0.4 is 5.32 Å². The predicted molar refractivity (Wildman–Crippen MR) is 84.3 cm³/mol. The number of nitrogens with one attached hydrogen (secondary N) is 1. The summed E-state index contributed by atoms with van der Waals surface area (Å²) in [6.45, 7) is 10.3. The minimum Gasteiger partial charge on any atom is -0.314 e. The van der Waals surface area contributed by atoms with Crippen molar-refractivity contribution in [1.29, 1.82) is 0 Å². The Morgan fingerprint density at radius 1 is 1.25 bits per heavy atom. The molecule has 0 saturated carbocycles. The van der Waals surface area contributed by atoms with Gasteiger partial charge in [0.1, 0.15) is 0 Å². The van der Waals surface area contributed by atoms with Crippen molar-refractivity contribution < 1.29 is 0 Å². The van der Waals surface area contributed by atoms with Crippen molar-refractivity contribution in [2.24, 2.45) is 0 Å². The zero-order valence-corrected chi connectivity index (χ0v) is 13.0. The second kappa shape index (κ2) is 7.36. The minimum atomic E-state index is 0. The summed E-state index contributed by atoms with van der Waals surface area (Å²) in [6.07, 6.45) is 3.34. The number of hydrogen-bond acceptors (Lipinski definition) is 4. The number of rotatable bonds is 3. The van der Waals surface area contributed by atoms with E-state index in [-0.39, 0.29) is 12.4 Å². The molecule has 4 nitrogen and oxygen atoms in total. The van der Waals surface area contributed by atoms with E-state index in [0.717, 1.165) is 31.4 Å². The number of halogens is 1. The van der Waals surface area contributed by atoms with Crippen LogP contribution in [-0.2, 0) is 6.54 Å². The average molecular weight is 297 g/mol. The normalized spacial score (nSPS) is 24.6. The molecule has 2 fully saturated rings. The first-order valence-corrected chi connectivity index (χ1v) is 7.40. The first-order valence-electron chi connectivity index (χ1n) is 7.40. The number of pyridine rings is 1. The summed E-state index contributed by atoms with van der Waals surface area (Å²) < 4.78 is 0. The third-order valence-electron chi connectivity index (χ3n) is 4.29. The lowest BCUT2D eigenvalue weighted by Gasteiger charge is -2.32. The minimum absolute atomic E-state index is 0. The van der Waals surface area contributed by atoms with E-state index in [0.29, 0.717) is 0 Å². The molecule has 5 heteroatoms. The Kier molecular flexibility index (Phi) is 5.78. The Morgan fingerprint density at radius 2 is 2.05 bits per heavy atom. The Hall–Kier alpha value is -0.680. The molecular weight excluding hydrogens is 272 g/mol. The van der Waals surface area contributed by atoms with Crippen LogP contribution in [0, 0.1) is 6.92 Å². The lowest BCUT2D eigenvalue weighted by molar-refractivity contribution is 0.170. The molecule has 0 spiro atoms. The van der Waals surface area contributed by atoms with Gasteiger partial charge in [-0.05, 0) is 25.0 Å². The highest BCUT2D eigenvalue weighted by atomic mass is 35.5. The molecule has 1 aromatic rings. The number of piperazine rings is 1. The molecule has 0 amide bonds. The van der Waals surface area contributed by atoms with Crippen LogP contribution >= 0.6 is 12.4 Å². The molecule has 3 rings (SSSR count). The van der Waals surface area contributed by atoms with Crippen LogP contribution in [0.1, 0.15) is 17.7 Å². The molecule has 0 bridgehead atoms. The summed E-state index contributed by atoms with van der Waals surface area (Å²) >= 11 is 0. The molecule has 1 unspecified atom stereocenters. The van der Waals surface area contributed by atoms with Gasteiger partial charge in [0.25, 0.3) is 0 Å². The van der Waals surface area contributed by atoms with Gasteiger partial charge in [0.05, 0.1) is 0 Å². The summed E-state index contributed by atoms with van der Waals surface area (Å²) in [5.41, 5.74) is 2.44. The monoisotopic (exact) mass is 296 g/mol. The fourth-order valence-corrected chi connectivity index (χ4v) is 3.15. The van der Waals surface area contributed by atoms with Crippen molar-refractivity contribution in [3.05, 3.63) is 29.6 Å². The van der Waals surface area contributed by atoms with Crippen LogP contribution in [0.4, 0.5) is 0 Å². The van der Waals surface area contributed by atoms with Gasteiger partial charge in [-0.3, -0.25) is 14.8 Å². The van der Waals surface area contributed by atoms with Gasteiger partial charge in [-0.2, -0.15) is 0 Å². The molecule has 112 valence electrons. The zero-order valence-electron chi connectivity index (χ0n) is 12.2. The second-order valence-corrected chi connectivity index (χ2v) is 5.77. The lowest BCUT2D eigenvalue weighted by atomic mass is 10.2. The Bertz CT molecular complexity index is 403. The molecule has 1 N–H and O–H groups in total. The fraction of sp³-hybridized carbons (Fsp3) is 0.667. The standard InChI is InChI=1S/C15H24N4.ClH/c1-13-2-3-14(10-17-13)11-18-7-4-15(12-18)19-8-5-16-6-9-19;/h2-3,10,15-16H,4-9,11-12H2,1H3;1H. The smallest absolute Gasteiger partial charge is 0.0372 e. The van der Waals surface area contributed by atoms with Crippen molar-refractivity contribution in [2.75, 3.05) is 39.3 Å². The summed E-state index contributed by atoms with van der Waals surface area (Å²) in [5.74, 6) is 0. The Morgan fingerprint density at radius 3 is 2.75 bits per heavy atom. The molecular formula is C15H25ClN4. The van der Waals surface area contributed by atoms with Crippen LogP contribution in [-0.4, -0.2) is 60.1 Å². The fourth-order valence-electron chi connectivity index (χ4n) is 3.15. The maximum absolute atomic E-state index is 4.38. The third kappa shape index (κ3) is 3.92. The molecule has 0 radical (unpaired) electrons. The van der Waals surface area contributed by atoms with Gasteiger partial charge < -0.3 is 5.32 Å². The number of aromatic nitrogens is 1. The summed E-state index contributed by atoms with van der Waals surface area (Å²) in [7, 11) is 0. The van der Waals surface area contributed by atoms with Crippen LogP contribution in [0.25, 0.3) is 0 Å². The summed E-state index contributed by atoms with van der Waals surface area (Å²) in [5, 5.41) is 3.43. The molecule has 1 aromatic heterocycles. The van der Waals surface area contributed by atoms with E-state index >= 15 is 0 Å². The molecule has 1 atom stereocenters. The largest absolute Gasteiger partial charge is 0.314 e. The maximum Gasteiger partial charge on any atom is 0.0372 e. The molecule has 0 aromatic carbocycles. The van der Waals surface area contributed by atoms with Crippen molar-refractivity contribution >= 4 is 12.4 Å². The van der Waals surface area contributed by atoms with Gasteiger partial charge >= 0.3 is 0 Å². The van der Waals surface area contributed by atoms with E-state index in [1.54, 1.807) is 0 Å². The van der Waals surface area contributed by atoms with Crippen LogP contribution in [0.5, 0.6) is 0 Å². The van der Waals surface area contributed by atoms with E-state index in [2.05, 4.69) is 32.2 Å². The van der Waals surface area contributed by atoms with E-state index in [9.17, 15) is 0 Å². The number of nitrogens with zero attached hydrogens (tertiary/aromatic N) is 3. The predicted octanol–water partition coefficient (Wildman–Crippen LogP) is 1.29.